The molecule has 0 aliphatic heterocycles. The molecular formula is C19H17FN4S. The Morgan fingerprint density at radius 3 is 2.60 bits per heavy atom. The largest absolute Gasteiger partial charge is 0.336 e. The van der Waals surface area contributed by atoms with Gasteiger partial charge in [0.05, 0.1) is 17.1 Å². The standard InChI is InChI=1S/C19H17FN4S/c1-4-12(5-2)18-23-16(13-6-8-14(20)9-7-13)17(24-18)15-10-11-21-19(22-15)25-3/h4-11H,1H2,2-3H3,(H,23,24)/b12-5+. The second-order valence-corrected chi connectivity index (χ2v) is 5.97. The van der Waals surface area contributed by atoms with Gasteiger partial charge in [-0.2, -0.15) is 0 Å². The van der Waals surface area contributed by atoms with Crippen molar-refractivity contribution in [3.8, 4) is 22.6 Å². The second-order valence-electron chi connectivity index (χ2n) is 5.19. The highest BCUT2D eigenvalue weighted by Crippen LogP contribution is 2.31. The molecule has 0 amide bonds. The van der Waals surface area contributed by atoms with E-state index >= 15 is 0 Å². The van der Waals surface area contributed by atoms with Crippen molar-refractivity contribution in [2.45, 2.75) is 12.1 Å². The van der Waals surface area contributed by atoms with Crippen LogP contribution in [0, 0.1) is 5.82 Å². The Morgan fingerprint density at radius 2 is 1.96 bits per heavy atom. The van der Waals surface area contributed by atoms with E-state index in [-0.39, 0.29) is 5.82 Å². The second kappa shape index (κ2) is 7.44. The van der Waals surface area contributed by atoms with Crippen molar-refractivity contribution in [3.05, 3.63) is 66.9 Å². The van der Waals surface area contributed by atoms with Crippen LogP contribution >= 0.6 is 11.8 Å². The van der Waals surface area contributed by atoms with E-state index in [4.69, 9.17) is 4.98 Å². The van der Waals surface area contributed by atoms with Gasteiger partial charge in [0.25, 0.3) is 0 Å². The van der Waals surface area contributed by atoms with Gasteiger partial charge in [-0.15, -0.1) is 0 Å². The number of imidazole rings is 1. The number of rotatable bonds is 5. The summed E-state index contributed by atoms with van der Waals surface area (Å²) in [5, 5.41) is 0.675. The van der Waals surface area contributed by atoms with Gasteiger partial charge in [0, 0.05) is 17.3 Å². The maximum absolute atomic E-state index is 13.3. The number of benzene rings is 1. The van der Waals surface area contributed by atoms with Crippen molar-refractivity contribution in [1.29, 1.82) is 0 Å². The van der Waals surface area contributed by atoms with Crippen LogP contribution in [0.1, 0.15) is 12.7 Å². The third kappa shape index (κ3) is 3.53. The molecule has 0 atom stereocenters. The topological polar surface area (TPSA) is 54.5 Å². The van der Waals surface area contributed by atoms with E-state index in [1.807, 2.05) is 25.3 Å². The van der Waals surface area contributed by atoms with Gasteiger partial charge in [0.15, 0.2) is 5.16 Å². The molecule has 1 aromatic carbocycles. The van der Waals surface area contributed by atoms with Crippen LogP contribution in [0.5, 0.6) is 0 Å². The first-order valence-corrected chi connectivity index (χ1v) is 8.91. The lowest BCUT2D eigenvalue weighted by atomic mass is 10.1. The minimum absolute atomic E-state index is 0.284. The molecular weight excluding hydrogens is 335 g/mol. The summed E-state index contributed by atoms with van der Waals surface area (Å²) in [7, 11) is 0. The van der Waals surface area contributed by atoms with Crippen LogP contribution in [0.25, 0.3) is 28.2 Å². The van der Waals surface area contributed by atoms with E-state index in [2.05, 4.69) is 21.5 Å². The quantitative estimate of drug-likeness (QED) is 0.399. The molecule has 0 bridgehead atoms. The molecule has 0 saturated heterocycles. The summed E-state index contributed by atoms with van der Waals surface area (Å²) in [5.41, 5.74) is 3.90. The normalized spacial score (nSPS) is 11.6. The lowest BCUT2D eigenvalue weighted by molar-refractivity contribution is 0.628. The van der Waals surface area contributed by atoms with Gasteiger partial charge >= 0.3 is 0 Å². The molecule has 3 rings (SSSR count). The summed E-state index contributed by atoms with van der Waals surface area (Å²) in [6, 6.07) is 8.08. The fourth-order valence-electron chi connectivity index (χ4n) is 2.44. The number of hydrogen-bond donors (Lipinski definition) is 1. The maximum Gasteiger partial charge on any atom is 0.187 e. The van der Waals surface area contributed by atoms with E-state index in [0.717, 1.165) is 22.5 Å². The molecule has 0 unspecified atom stereocenters. The Balaban J connectivity index is 2.20. The average Bonchev–Trinajstić information content (AvgIpc) is 3.08. The fraction of sp³-hybridized carbons (Fsp3) is 0.105. The van der Waals surface area contributed by atoms with Gasteiger partial charge in [0.1, 0.15) is 11.6 Å². The van der Waals surface area contributed by atoms with Crippen molar-refractivity contribution in [2.24, 2.45) is 0 Å². The number of halogens is 1. The highest BCUT2D eigenvalue weighted by atomic mass is 32.2. The minimum Gasteiger partial charge on any atom is -0.336 e. The van der Waals surface area contributed by atoms with Gasteiger partial charge in [0.2, 0.25) is 0 Å². The van der Waals surface area contributed by atoms with E-state index < -0.39 is 0 Å². The molecule has 0 saturated carbocycles. The Bertz CT molecular complexity index is 929. The molecule has 0 radical (unpaired) electrons. The highest BCUT2D eigenvalue weighted by Gasteiger charge is 2.17. The molecule has 0 spiro atoms. The summed E-state index contributed by atoms with van der Waals surface area (Å²) in [4.78, 5) is 16.8. The summed E-state index contributed by atoms with van der Waals surface area (Å²) in [6.45, 7) is 5.75. The van der Waals surface area contributed by atoms with Crippen molar-refractivity contribution in [2.75, 3.05) is 6.26 Å². The number of allylic oxidation sites excluding steroid dienone is 3. The lowest BCUT2D eigenvalue weighted by Crippen LogP contribution is -1.91. The molecule has 2 heterocycles. The smallest absolute Gasteiger partial charge is 0.187 e. The number of aromatic nitrogens is 4. The van der Waals surface area contributed by atoms with E-state index in [9.17, 15) is 4.39 Å². The Morgan fingerprint density at radius 1 is 1.20 bits per heavy atom. The van der Waals surface area contributed by atoms with Gasteiger partial charge in [-0.3, -0.25) is 0 Å². The number of thioether (sulfide) groups is 1. The number of H-pyrrole nitrogens is 1. The van der Waals surface area contributed by atoms with E-state index in [1.54, 1.807) is 24.4 Å². The first kappa shape index (κ1) is 17.1. The molecule has 0 aliphatic carbocycles. The Hall–Kier alpha value is -2.73. The summed E-state index contributed by atoms with van der Waals surface area (Å²) >= 11 is 1.47. The SMILES string of the molecule is C=C/C(=C\C)c1nc(-c2ccc(F)cc2)c(-c2ccnc(SC)n2)[nH]1. The Kier molecular flexibility index (Phi) is 5.09. The van der Waals surface area contributed by atoms with Gasteiger partial charge < -0.3 is 4.98 Å². The van der Waals surface area contributed by atoms with Crippen LogP contribution in [0.15, 0.2) is 60.4 Å². The van der Waals surface area contributed by atoms with Crippen LogP contribution in [-0.2, 0) is 0 Å². The molecule has 3 aromatic rings. The zero-order valence-corrected chi connectivity index (χ0v) is 14.8. The molecule has 1 N–H and O–H groups in total. The predicted molar refractivity (Wildman–Crippen MR) is 101 cm³/mol. The molecule has 0 aliphatic rings. The summed E-state index contributed by atoms with van der Waals surface area (Å²) < 4.78 is 13.3. The molecule has 126 valence electrons. The fourth-order valence-corrected chi connectivity index (χ4v) is 2.80. The first-order valence-electron chi connectivity index (χ1n) is 7.68. The number of aromatic amines is 1. The van der Waals surface area contributed by atoms with Gasteiger partial charge in [-0.25, -0.2) is 19.3 Å². The van der Waals surface area contributed by atoms with Crippen molar-refractivity contribution in [1.82, 2.24) is 19.9 Å². The maximum atomic E-state index is 13.3. The third-order valence-corrected chi connectivity index (χ3v) is 4.26. The average molecular weight is 352 g/mol. The van der Waals surface area contributed by atoms with E-state index in [1.165, 1.54) is 23.9 Å². The molecule has 25 heavy (non-hydrogen) atoms. The monoisotopic (exact) mass is 352 g/mol. The van der Waals surface area contributed by atoms with Crippen LogP contribution in [0.4, 0.5) is 4.39 Å². The molecule has 4 nitrogen and oxygen atoms in total. The lowest BCUT2D eigenvalue weighted by Gasteiger charge is -2.03. The highest BCUT2D eigenvalue weighted by molar-refractivity contribution is 7.98. The van der Waals surface area contributed by atoms with Crippen molar-refractivity contribution < 1.29 is 4.39 Å². The van der Waals surface area contributed by atoms with Gasteiger partial charge in [-0.05, 0) is 43.5 Å². The van der Waals surface area contributed by atoms with Crippen molar-refractivity contribution >= 4 is 17.3 Å². The molecule has 6 heteroatoms. The Labute approximate surface area is 150 Å². The van der Waals surface area contributed by atoms with Crippen molar-refractivity contribution in [3.63, 3.8) is 0 Å². The van der Waals surface area contributed by atoms with Crippen LogP contribution in [0.3, 0.4) is 0 Å². The number of nitrogens with zero attached hydrogens (tertiary/aromatic N) is 3. The predicted octanol–water partition coefficient (Wildman–Crippen LogP) is 4.98. The van der Waals surface area contributed by atoms with Crippen LogP contribution in [0.2, 0.25) is 0 Å². The van der Waals surface area contributed by atoms with E-state index in [0.29, 0.717) is 16.7 Å². The molecule has 2 aromatic heterocycles. The summed E-state index contributed by atoms with van der Waals surface area (Å²) in [5.74, 6) is 0.407. The third-order valence-electron chi connectivity index (χ3n) is 3.70. The van der Waals surface area contributed by atoms with Gasteiger partial charge in [-0.1, -0.05) is 30.5 Å². The minimum atomic E-state index is -0.284. The zero-order valence-electron chi connectivity index (χ0n) is 14.0. The number of hydrogen-bond acceptors (Lipinski definition) is 4. The first-order chi connectivity index (χ1) is 12.2. The summed E-state index contributed by atoms with van der Waals surface area (Å²) in [6.07, 6.45) is 7.31. The molecule has 0 fully saturated rings. The van der Waals surface area contributed by atoms with Crippen LogP contribution in [-0.4, -0.2) is 26.2 Å². The van der Waals surface area contributed by atoms with Crippen LogP contribution < -0.4 is 0 Å². The zero-order chi connectivity index (χ0) is 17.8. The number of nitrogens with one attached hydrogen (secondary N) is 1.